The van der Waals surface area contributed by atoms with Crippen LogP contribution < -0.4 is 15.8 Å². The van der Waals surface area contributed by atoms with Crippen molar-refractivity contribution in [3.63, 3.8) is 0 Å². The molecule has 20 heavy (non-hydrogen) atoms. The number of anilines is 1. The number of hydrogen-bond donors (Lipinski definition) is 2. The zero-order valence-electron chi connectivity index (χ0n) is 10.5. The number of benzene rings is 1. The monoisotopic (exact) mass is 298 g/mol. The molecule has 0 aliphatic rings. The van der Waals surface area contributed by atoms with Gasteiger partial charge in [0.25, 0.3) is 6.43 Å². The molecule has 0 atom stereocenters. The Hall–Kier alpha value is -2.22. The van der Waals surface area contributed by atoms with Crippen LogP contribution in [0, 0.1) is 0 Å². The largest absolute Gasteiger partial charge is 0.494 e. The van der Waals surface area contributed by atoms with E-state index in [4.69, 9.17) is 22.7 Å². The van der Waals surface area contributed by atoms with Crippen LogP contribution in [0.5, 0.6) is 5.75 Å². The van der Waals surface area contributed by atoms with Gasteiger partial charge in [-0.3, -0.25) is 0 Å². The molecule has 0 unspecified atom stereocenters. The number of hydrogen-bond acceptors (Lipinski definition) is 3. The van der Waals surface area contributed by atoms with Gasteiger partial charge in [-0.1, -0.05) is 0 Å². The minimum atomic E-state index is -2.61. The average Bonchev–Trinajstić information content (AvgIpc) is 2.87. The molecule has 1 heterocycles. The van der Waals surface area contributed by atoms with Crippen LogP contribution in [0.4, 0.5) is 14.5 Å². The van der Waals surface area contributed by atoms with Gasteiger partial charge in [0.2, 0.25) is 0 Å². The fourth-order valence-corrected chi connectivity index (χ4v) is 1.81. The highest BCUT2D eigenvalue weighted by molar-refractivity contribution is 7.80. The lowest BCUT2D eigenvalue weighted by Gasteiger charge is -2.11. The molecule has 2 aromatic rings. The van der Waals surface area contributed by atoms with Crippen LogP contribution in [-0.2, 0) is 0 Å². The molecule has 106 valence electrons. The van der Waals surface area contributed by atoms with Crippen LogP contribution in [0.15, 0.2) is 30.7 Å². The lowest BCUT2D eigenvalue weighted by Crippen LogP contribution is -2.18. The molecular weight excluding hydrogens is 286 g/mol. The number of nitrogens with zero attached hydrogens (tertiary/aromatic N) is 2. The first-order valence-electron chi connectivity index (χ1n) is 5.58. The number of halogens is 2. The number of thiocarbonyl (C=S) groups is 1. The number of alkyl halides is 2. The Morgan fingerprint density at radius 2 is 2.25 bits per heavy atom. The Labute approximate surface area is 119 Å². The van der Waals surface area contributed by atoms with Gasteiger partial charge < -0.3 is 20.4 Å². The fourth-order valence-electron chi connectivity index (χ4n) is 1.69. The Morgan fingerprint density at radius 3 is 2.80 bits per heavy atom. The van der Waals surface area contributed by atoms with E-state index in [0.717, 1.165) is 0 Å². The number of nitrogens with one attached hydrogen (secondary N) is 1. The van der Waals surface area contributed by atoms with Crippen LogP contribution >= 0.6 is 12.2 Å². The van der Waals surface area contributed by atoms with Crippen molar-refractivity contribution in [2.24, 2.45) is 5.73 Å². The summed E-state index contributed by atoms with van der Waals surface area (Å²) in [6.45, 7) is 0. The van der Waals surface area contributed by atoms with Crippen LogP contribution in [0.25, 0.3) is 5.69 Å². The number of imidazole rings is 1. The summed E-state index contributed by atoms with van der Waals surface area (Å²) in [5, 5.41) is 2.89. The topological polar surface area (TPSA) is 65.1 Å². The molecule has 3 N–H and O–H groups in total. The third-order valence-corrected chi connectivity index (χ3v) is 2.65. The zero-order chi connectivity index (χ0) is 14.7. The van der Waals surface area contributed by atoms with Gasteiger partial charge in [-0.25, -0.2) is 13.8 Å². The minimum absolute atomic E-state index is 0.127. The van der Waals surface area contributed by atoms with E-state index in [9.17, 15) is 8.78 Å². The van der Waals surface area contributed by atoms with Crippen LogP contribution in [0.1, 0.15) is 12.1 Å². The summed E-state index contributed by atoms with van der Waals surface area (Å²) in [4.78, 5) is 3.64. The van der Waals surface area contributed by atoms with E-state index < -0.39 is 6.43 Å². The number of aromatic nitrogens is 2. The number of nitrogens with two attached hydrogens (primary N) is 1. The van der Waals surface area contributed by atoms with Crippen molar-refractivity contribution in [3.8, 4) is 11.4 Å². The molecule has 5 nitrogen and oxygen atoms in total. The van der Waals surface area contributed by atoms with E-state index >= 15 is 0 Å². The molecule has 2 rings (SSSR count). The first-order valence-corrected chi connectivity index (χ1v) is 5.99. The molecule has 0 aliphatic carbocycles. The van der Waals surface area contributed by atoms with Gasteiger partial charge >= 0.3 is 0 Å². The standard InChI is InChI=1S/C12H12F2N4OS/c1-19-10-4-7(17-12(15)20)2-3-9(10)18-5-8(11(13)14)16-6-18/h2-6,11H,1H3,(H3,15,17,20). The molecule has 0 amide bonds. The molecule has 1 aromatic heterocycles. The maximum absolute atomic E-state index is 12.5. The van der Waals surface area contributed by atoms with Gasteiger partial charge in [-0.05, 0) is 24.4 Å². The van der Waals surface area contributed by atoms with Gasteiger partial charge in [-0.2, -0.15) is 0 Å². The summed E-state index contributed by atoms with van der Waals surface area (Å²) in [6.07, 6.45) is -0.0544. The Morgan fingerprint density at radius 1 is 1.50 bits per heavy atom. The van der Waals surface area contributed by atoms with E-state index in [-0.39, 0.29) is 10.8 Å². The predicted octanol–water partition coefficient (Wildman–Crippen LogP) is 2.47. The lowest BCUT2D eigenvalue weighted by atomic mass is 10.2. The summed E-state index contributed by atoms with van der Waals surface area (Å²) in [5.74, 6) is 0.476. The quantitative estimate of drug-likeness (QED) is 0.849. The van der Waals surface area contributed by atoms with Crippen LogP contribution in [0.2, 0.25) is 0 Å². The maximum Gasteiger partial charge on any atom is 0.281 e. The van der Waals surface area contributed by atoms with E-state index in [1.807, 2.05) is 0 Å². The number of rotatable bonds is 4. The van der Waals surface area contributed by atoms with Gasteiger partial charge in [0.15, 0.2) is 5.11 Å². The summed E-state index contributed by atoms with van der Waals surface area (Å²) >= 11 is 4.74. The van der Waals surface area contributed by atoms with Gasteiger partial charge in [-0.15, -0.1) is 0 Å². The predicted molar refractivity (Wildman–Crippen MR) is 75.5 cm³/mol. The summed E-state index contributed by atoms with van der Waals surface area (Å²) in [6, 6.07) is 5.06. The van der Waals surface area contributed by atoms with Crippen molar-refractivity contribution >= 4 is 23.0 Å². The molecule has 1 aromatic carbocycles. The Bertz CT molecular complexity index is 630. The second-order valence-electron chi connectivity index (χ2n) is 3.88. The van der Waals surface area contributed by atoms with E-state index in [1.54, 1.807) is 18.2 Å². The highest BCUT2D eigenvalue weighted by Crippen LogP contribution is 2.28. The SMILES string of the molecule is COc1cc(NC(N)=S)ccc1-n1cnc(C(F)F)c1. The van der Waals surface area contributed by atoms with Crippen molar-refractivity contribution in [2.45, 2.75) is 6.43 Å². The van der Waals surface area contributed by atoms with Crippen LogP contribution in [-0.4, -0.2) is 21.8 Å². The van der Waals surface area contributed by atoms with E-state index in [0.29, 0.717) is 17.1 Å². The second kappa shape index (κ2) is 5.83. The molecule has 0 saturated carbocycles. The normalized spacial score (nSPS) is 10.6. The van der Waals surface area contributed by atoms with Crippen molar-refractivity contribution < 1.29 is 13.5 Å². The lowest BCUT2D eigenvalue weighted by molar-refractivity contribution is 0.146. The minimum Gasteiger partial charge on any atom is -0.494 e. The van der Waals surface area contributed by atoms with E-state index in [1.165, 1.54) is 24.2 Å². The fraction of sp³-hybridized carbons (Fsp3) is 0.167. The van der Waals surface area contributed by atoms with Crippen molar-refractivity contribution in [1.29, 1.82) is 0 Å². The summed E-state index contributed by atoms with van der Waals surface area (Å²) < 4.78 is 31.8. The Kier molecular flexibility index (Phi) is 4.14. The highest BCUT2D eigenvalue weighted by atomic mass is 32.1. The van der Waals surface area contributed by atoms with Gasteiger partial charge in [0.05, 0.1) is 19.1 Å². The van der Waals surface area contributed by atoms with Gasteiger partial charge in [0.1, 0.15) is 11.4 Å². The van der Waals surface area contributed by atoms with Crippen molar-refractivity contribution in [1.82, 2.24) is 9.55 Å². The van der Waals surface area contributed by atoms with Gasteiger partial charge in [0, 0.05) is 18.0 Å². The molecule has 0 spiro atoms. The molecule has 0 saturated heterocycles. The molecule has 8 heteroatoms. The van der Waals surface area contributed by atoms with Crippen molar-refractivity contribution in [3.05, 3.63) is 36.4 Å². The smallest absolute Gasteiger partial charge is 0.281 e. The first-order chi connectivity index (χ1) is 9.51. The van der Waals surface area contributed by atoms with E-state index in [2.05, 4.69) is 10.3 Å². The molecule has 0 bridgehead atoms. The number of ether oxygens (including phenoxy) is 1. The third-order valence-electron chi connectivity index (χ3n) is 2.55. The number of methoxy groups -OCH3 is 1. The zero-order valence-corrected chi connectivity index (χ0v) is 11.3. The first kappa shape index (κ1) is 14.2. The third kappa shape index (κ3) is 3.02. The molecule has 0 fully saturated rings. The Balaban J connectivity index is 2.37. The molecular formula is C12H12F2N4OS. The van der Waals surface area contributed by atoms with Crippen LogP contribution in [0.3, 0.4) is 0 Å². The molecule has 0 aliphatic heterocycles. The highest BCUT2D eigenvalue weighted by Gasteiger charge is 2.13. The summed E-state index contributed by atoms with van der Waals surface area (Å²) in [7, 11) is 1.48. The molecule has 0 radical (unpaired) electrons. The average molecular weight is 298 g/mol. The van der Waals surface area contributed by atoms with Crippen molar-refractivity contribution in [2.75, 3.05) is 12.4 Å². The second-order valence-corrected chi connectivity index (χ2v) is 4.32. The summed E-state index contributed by atoms with van der Waals surface area (Å²) in [5.41, 5.74) is 6.32. The maximum atomic E-state index is 12.5.